The Balaban J connectivity index is 1.66. The maximum atomic E-state index is 12.3. The summed E-state index contributed by atoms with van der Waals surface area (Å²) >= 11 is 0. The third-order valence-electron chi connectivity index (χ3n) is 3.80. The second kappa shape index (κ2) is 7.71. The highest BCUT2D eigenvalue weighted by Crippen LogP contribution is 2.24. The average Bonchev–Trinajstić information content (AvgIpc) is 2.63. The molecule has 1 aliphatic heterocycles. The minimum atomic E-state index is -0.543. The molecule has 0 unspecified atom stereocenters. The Morgan fingerprint density at radius 2 is 2.00 bits per heavy atom. The molecule has 1 saturated heterocycles. The van der Waals surface area contributed by atoms with Gasteiger partial charge >= 0.3 is 0 Å². The Bertz CT molecular complexity index is 757. The lowest BCUT2D eigenvalue weighted by atomic mass is 10.1. The number of anilines is 1. The number of benzene rings is 1. The summed E-state index contributed by atoms with van der Waals surface area (Å²) in [5, 5.41) is 13.5. The van der Waals surface area contributed by atoms with Gasteiger partial charge in [0, 0.05) is 31.2 Å². The van der Waals surface area contributed by atoms with Crippen molar-refractivity contribution in [3.05, 3.63) is 58.3 Å². The first-order valence-corrected chi connectivity index (χ1v) is 7.89. The van der Waals surface area contributed by atoms with Crippen LogP contribution in [0.5, 0.6) is 5.88 Å². The number of hydrogen-bond acceptors (Lipinski definition) is 6. The second-order valence-corrected chi connectivity index (χ2v) is 5.54. The fraction of sp³-hybridized carbons (Fsp3) is 0.294. The molecule has 3 rings (SSSR count). The SMILES string of the molecule is O=C(Nc1ccccc1[N+](=O)[O-])c1ccc(OC2CCOCC2)nc1. The number of carbonyl (C=O) groups excluding carboxylic acids is 1. The molecule has 130 valence electrons. The summed E-state index contributed by atoms with van der Waals surface area (Å²) in [6, 6.07) is 9.16. The Labute approximate surface area is 143 Å². The Hall–Kier alpha value is -3.00. The molecule has 1 amide bonds. The summed E-state index contributed by atoms with van der Waals surface area (Å²) in [6.07, 6.45) is 3.06. The number of rotatable bonds is 5. The van der Waals surface area contributed by atoms with E-state index in [9.17, 15) is 14.9 Å². The van der Waals surface area contributed by atoms with Gasteiger partial charge in [0.25, 0.3) is 11.6 Å². The van der Waals surface area contributed by atoms with Gasteiger partial charge in [-0.25, -0.2) is 4.98 Å². The molecule has 0 aliphatic carbocycles. The van der Waals surface area contributed by atoms with Crippen molar-refractivity contribution in [2.45, 2.75) is 18.9 Å². The molecule has 25 heavy (non-hydrogen) atoms. The van der Waals surface area contributed by atoms with Crippen LogP contribution in [0.4, 0.5) is 11.4 Å². The van der Waals surface area contributed by atoms with E-state index in [0.717, 1.165) is 12.8 Å². The first-order chi connectivity index (χ1) is 12.1. The average molecular weight is 343 g/mol. The molecule has 1 fully saturated rings. The van der Waals surface area contributed by atoms with Crippen LogP contribution in [0.2, 0.25) is 0 Å². The molecule has 1 aromatic carbocycles. The maximum Gasteiger partial charge on any atom is 0.292 e. The van der Waals surface area contributed by atoms with Gasteiger partial charge in [-0.3, -0.25) is 14.9 Å². The monoisotopic (exact) mass is 343 g/mol. The van der Waals surface area contributed by atoms with E-state index in [1.165, 1.54) is 24.4 Å². The van der Waals surface area contributed by atoms with E-state index < -0.39 is 10.8 Å². The molecule has 1 aliphatic rings. The van der Waals surface area contributed by atoms with Gasteiger partial charge in [0.05, 0.1) is 23.7 Å². The molecule has 0 saturated carbocycles. The van der Waals surface area contributed by atoms with Crippen molar-refractivity contribution in [3.8, 4) is 5.88 Å². The fourth-order valence-corrected chi connectivity index (χ4v) is 2.48. The van der Waals surface area contributed by atoms with Crippen LogP contribution in [-0.4, -0.2) is 35.1 Å². The van der Waals surface area contributed by atoms with Gasteiger partial charge in [-0.1, -0.05) is 12.1 Å². The smallest absolute Gasteiger partial charge is 0.292 e. The van der Waals surface area contributed by atoms with Gasteiger partial charge < -0.3 is 14.8 Å². The van der Waals surface area contributed by atoms with Gasteiger partial charge in [0.15, 0.2) is 0 Å². The molecule has 2 aromatic rings. The van der Waals surface area contributed by atoms with Crippen LogP contribution in [-0.2, 0) is 4.74 Å². The lowest BCUT2D eigenvalue weighted by molar-refractivity contribution is -0.383. The number of nitrogens with one attached hydrogen (secondary N) is 1. The molecule has 2 heterocycles. The number of ether oxygens (including phenoxy) is 2. The van der Waals surface area contributed by atoms with E-state index in [0.29, 0.717) is 19.1 Å². The number of pyridine rings is 1. The van der Waals surface area contributed by atoms with Crippen LogP contribution in [0.3, 0.4) is 0 Å². The van der Waals surface area contributed by atoms with E-state index in [1.54, 1.807) is 18.2 Å². The third kappa shape index (κ3) is 4.30. The molecule has 8 heteroatoms. The Morgan fingerprint density at radius 1 is 1.24 bits per heavy atom. The molecule has 0 atom stereocenters. The quantitative estimate of drug-likeness (QED) is 0.661. The van der Waals surface area contributed by atoms with Gasteiger partial charge in [-0.15, -0.1) is 0 Å². The summed E-state index contributed by atoms with van der Waals surface area (Å²) in [5.74, 6) is -0.0337. The van der Waals surface area contributed by atoms with Crippen molar-refractivity contribution in [2.24, 2.45) is 0 Å². The number of nitro groups is 1. The maximum absolute atomic E-state index is 12.3. The first-order valence-electron chi connectivity index (χ1n) is 7.89. The number of aromatic nitrogens is 1. The number of nitro benzene ring substituents is 1. The molecule has 1 N–H and O–H groups in total. The topological polar surface area (TPSA) is 104 Å². The van der Waals surface area contributed by atoms with Crippen molar-refractivity contribution < 1.29 is 19.2 Å². The first kappa shape index (κ1) is 16.8. The summed E-state index contributed by atoms with van der Waals surface area (Å²) in [6.45, 7) is 1.34. The van der Waals surface area contributed by atoms with Crippen LogP contribution < -0.4 is 10.1 Å². The zero-order chi connectivity index (χ0) is 17.6. The predicted molar refractivity (Wildman–Crippen MR) is 89.8 cm³/mol. The fourth-order valence-electron chi connectivity index (χ4n) is 2.48. The highest BCUT2D eigenvalue weighted by molar-refractivity contribution is 6.05. The minimum Gasteiger partial charge on any atom is -0.474 e. The molecule has 0 spiro atoms. The van der Waals surface area contributed by atoms with Crippen molar-refractivity contribution in [2.75, 3.05) is 18.5 Å². The third-order valence-corrected chi connectivity index (χ3v) is 3.80. The lowest BCUT2D eigenvalue weighted by Crippen LogP contribution is -2.26. The van der Waals surface area contributed by atoms with Crippen LogP contribution in [0, 0.1) is 10.1 Å². The van der Waals surface area contributed by atoms with E-state index >= 15 is 0 Å². The molecule has 8 nitrogen and oxygen atoms in total. The zero-order valence-electron chi connectivity index (χ0n) is 13.4. The number of carbonyl (C=O) groups is 1. The molecular formula is C17H17N3O5. The largest absolute Gasteiger partial charge is 0.474 e. The molecule has 0 radical (unpaired) electrons. The van der Waals surface area contributed by atoms with Gasteiger partial charge in [-0.2, -0.15) is 0 Å². The van der Waals surface area contributed by atoms with Crippen molar-refractivity contribution in [1.29, 1.82) is 0 Å². The molecule has 0 bridgehead atoms. The molecular weight excluding hydrogens is 326 g/mol. The highest BCUT2D eigenvalue weighted by atomic mass is 16.6. The number of hydrogen-bond donors (Lipinski definition) is 1. The van der Waals surface area contributed by atoms with Gasteiger partial charge in [0.2, 0.25) is 5.88 Å². The summed E-state index contributed by atoms with van der Waals surface area (Å²) in [5.41, 5.74) is 0.265. The van der Waals surface area contributed by atoms with Crippen molar-refractivity contribution in [1.82, 2.24) is 4.98 Å². The van der Waals surface area contributed by atoms with Crippen LogP contribution in [0.1, 0.15) is 23.2 Å². The highest BCUT2D eigenvalue weighted by Gasteiger charge is 2.18. The van der Waals surface area contributed by atoms with Crippen LogP contribution in [0.25, 0.3) is 0 Å². The summed E-state index contributed by atoms with van der Waals surface area (Å²) < 4.78 is 11.0. The zero-order valence-corrected chi connectivity index (χ0v) is 13.4. The van der Waals surface area contributed by atoms with Crippen LogP contribution in [0.15, 0.2) is 42.6 Å². The van der Waals surface area contributed by atoms with Gasteiger partial charge in [-0.05, 0) is 12.1 Å². The number of para-hydroxylation sites is 2. The minimum absolute atomic E-state index is 0.0629. The standard InChI is InChI=1S/C17H17N3O5/c21-17(19-14-3-1-2-4-15(14)20(22)23)12-5-6-16(18-11-12)25-13-7-9-24-10-8-13/h1-6,11,13H,7-10H2,(H,19,21). The normalized spacial score (nSPS) is 14.7. The summed E-state index contributed by atoms with van der Waals surface area (Å²) in [7, 11) is 0. The van der Waals surface area contributed by atoms with E-state index in [2.05, 4.69) is 10.3 Å². The van der Waals surface area contributed by atoms with E-state index in [1.807, 2.05) is 0 Å². The Kier molecular flexibility index (Phi) is 5.20. The number of amides is 1. The molecule has 1 aromatic heterocycles. The number of nitrogens with zero attached hydrogens (tertiary/aromatic N) is 2. The second-order valence-electron chi connectivity index (χ2n) is 5.54. The van der Waals surface area contributed by atoms with E-state index in [-0.39, 0.29) is 23.0 Å². The Morgan fingerprint density at radius 3 is 2.68 bits per heavy atom. The van der Waals surface area contributed by atoms with E-state index in [4.69, 9.17) is 9.47 Å². The van der Waals surface area contributed by atoms with Crippen molar-refractivity contribution in [3.63, 3.8) is 0 Å². The van der Waals surface area contributed by atoms with Crippen molar-refractivity contribution >= 4 is 17.3 Å². The summed E-state index contributed by atoms with van der Waals surface area (Å²) in [4.78, 5) is 26.8. The van der Waals surface area contributed by atoms with Gasteiger partial charge in [0.1, 0.15) is 11.8 Å². The van der Waals surface area contributed by atoms with Crippen LogP contribution >= 0.6 is 0 Å². The lowest BCUT2D eigenvalue weighted by Gasteiger charge is -2.22. The predicted octanol–water partition coefficient (Wildman–Crippen LogP) is 2.80.